The van der Waals surface area contributed by atoms with Crippen LogP contribution in [0.25, 0.3) is 0 Å². The summed E-state index contributed by atoms with van der Waals surface area (Å²) < 4.78 is 23.0. The van der Waals surface area contributed by atoms with Crippen LogP contribution in [-0.4, -0.2) is 36.1 Å². The number of nitrogens with zero attached hydrogens (tertiary/aromatic N) is 1. The Labute approximate surface area is 100 Å². The zero-order valence-electron chi connectivity index (χ0n) is 9.41. The highest BCUT2D eigenvalue weighted by Crippen LogP contribution is 2.28. The number of hydrogen-bond acceptors (Lipinski definition) is 5. The first-order valence-electron chi connectivity index (χ1n) is 4.82. The third-order valence-electron chi connectivity index (χ3n) is 2.11. The van der Waals surface area contributed by atoms with Crippen LogP contribution in [0, 0.1) is 0 Å². The van der Waals surface area contributed by atoms with Gasteiger partial charge in [0.2, 0.25) is 0 Å². The van der Waals surface area contributed by atoms with Gasteiger partial charge in [0.25, 0.3) is 0 Å². The minimum absolute atomic E-state index is 0.101. The smallest absolute Gasteiger partial charge is 0.178 e. The summed E-state index contributed by atoms with van der Waals surface area (Å²) in [6, 6.07) is 3.12. The largest absolute Gasteiger partial charge is 0.392 e. The molecule has 0 spiro atoms. The van der Waals surface area contributed by atoms with Crippen LogP contribution in [0.4, 0.5) is 0 Å². The molecule has 2 unspecified atom stereocenters. The van der Waals surface area contributed by atoms with Gasteiger partial charge in [-0.25, -0.2) is 13.4 Å². The molecule has 1 heterocycles. The van der Waals surface area contributed by atoms with E-state index in [1.807, 2.05) is 6.92 Å². The SMILES string of the molecule is CC(O)C(C)Sc1ncccc1S(C)(=O)=O. The Morgan fingerprint density at radius 3 is 2.56 bits per heavy atom. The van der Waals surface area contributed by atoms with Crippen molar-refractivity contribution in [2.75, 3.05) is 6.26 Å². The molecule has 16 heavy (non-hydrogen) atoms. The standard InChI is InChI=1S/C10H15NO3S2/c1-7(12)8(2)15-10-9(16(3,13)14)5-4-6-11-10/h4-8,12H,1-3H3. The Balaban J connectivity index is 3.06. The van der Waals surface area contributed by atoms with Crippen molar-refractivity contribution in [3.05, 3.63) is 18.3 Å². The van der Waals surface area contributed by atoms with Gasteiger partial charge in [-0.3, -0.25) is 0 Å². The van der Waals surface area contributed by atoms with Gasteiger partial charge < -0.3 is 5.11 Å². The van der Waals surface area contributed by atoms with Crippen LogP contribution in [0.1, 0.15) is 13.8 Å². The number of sulfone groups is 1. The average molecular weight is 261 g/mol. The van der Waals surface area contributed by atoms with Crippen molar-refractivity contribution in [1.82, 2.24) is 4.98 Å². The molecule has 1 aromatic heterocycles. The Bertz CT molecular complexity index is 457. The van der Waals surface area contributed by atoms with Crippen LogP contribution < -0.4 is 0 Å². The molecule has 0 fully saturated rings. The molecule has 0 aliphatic carbocycles. The quantitative estimate of drug-likeness (QED) is 0.829. The summed E-state index contributed by atoms with van der Waals surface area (Å²) in [5, 5.41) is 9.72. The molecule has 0 bridgehead atoms. The molecule has 0 aromatic carbocycles. The molecule has 0 saturated heterocycles. The predicted octanol–water partition coefficient (Wildman–Crippen LogP) is 1.35. The zero-order chi connectivity index (χ0) is 12.3. The molecular weight excluding hydrogens is 246 g/mol. The molecule has 2 atom stereocenters. The molecule has 0 aliphatic rings. The Hall–Kier alpha value is -0.590. The average Bonchev–Trinajstić information content (AvgIpc) is 2.16. The van der Waals surface area contributed by atoms with Gasteiger partial charge in [-0.15, -0.1) is 0 Å². The summed E-state index contributed by atoms with van der Waals surface area (Å²) in [6.45, 7) is 3.50. The zero-order valence-corrected chi connectivity index (χ0v) is 11.0. The van der Waals surface area contributed by atoms with Gasteiger partial charge in [-0.2, -0.15) is 0 Å². The van der Waals surface area contributed by atoms with Gasteiger partial charge in [-0.05, 0) is 19.1 Å². The fraction of sp³-hybridized carbons (Fsp3) is 0.500. The second-order valence-corrected chi connectivity index (χ2v) is 6.99. The number of rotatable bonds is 4. The molecule has 0 amide bonds. The summed E-state index contributed by atoms with van der Waals surface area (Å²) >= 11 is 1.26. The van der Waals surface area contributed by atoms with Crippen molar-refractivity contribution in [3.63, 3.8) is 0 Å². The highest BCUT2D eigenvalue weighted by Gasteiger charge is 2.18. The number of aliphatic hydroxyl groups excluding tert-OH is 1. The molecule has 0 aliphatic heterocycles. The monoisotopic (exact) mass is 261 g/mol. The van der Waals surface area contributed by atoms with E-state index in [2.05, 4.69) is 4.98 Å². The van der Waals surface area contributed by atoms with Crippen molar-refractivity contribution >= 4 is 21.6 Å². The van der Waals surface area contributed by atoms with E-state index >= 15 is 0 Å². The normalized spacial score (nSPS) is 15.8. The minimum atomic E-state index is -3.27. The third kappa shape index (κ3) is 3.47. The Morgan fingerprint density at radius 2 is 2.06 bits per heavy atom. The van der Waals surface area contributed by atoms with E-state index in [-0.39, 0.29) is 10.1 Å². The van der Waals surface area contributed by atoms with Crippen LogP contribution in [-0.2, 0) is 9.84 Å². The van der Waals surface area contributed by atoms with Crippen LogP contribution in [0.5, 0.6) is 0 Å². The molecule has 90 valence electrons. The van der Waals surface area contributed by atoms with Crippen molar-refractivity contribution in [1.29, 1.82) is 0 Å². The molecule has 0 saturated carbocycles. The third-order valence-corrected chi connectivity index (χ3v) is 4.68. The lowest BCUT2D eigenvalue weighted by atomic mass is 10.3. The number of thioether (sulfide) groups is 1. The number of aromatic nitrogens is 1. The van der Waals surface area contributed by atoms with Crippen molar-refractivity contribution < 1.29 is 13.5 Å². The fourth-order valence-electron chi connectivity index (χ4n) is 1.02. The predicted molar refractivity (Wildman–Crippen MR) is 64.3 cm³/mol. The summed E-state index contributed by atoms with van der Waals surface area (Å²) in [5.41, 5.74) is 0. The molecular formula is C10H15NO3S2. The van der Waals surface area contributed by atoms with Gasteiger partial charge in [0, 0.05) is 17.7 Å². The number of aliphatic hydroxyl groups is 1. The highest BCUT2D eigenvalue weighted by molar-refractivity contribution is 8.00. The maximum absolute atomic E-state index is 11.5. The lowest BCUT2D eigenvalue weighted by molar-refractivity contribution is 0.196. The number of hydrogen-bond donors (Lipinski definition) is 1. The minimum Gasteiger partial charge on any atom is -0.392 e. The van der Waals surface area contributed by atoms with Crippen LogP contribution in [0.2, 0.25) is 0 Å². The van der Waals surface area contributed by atoms with E-state index in [1.54, 1.807) is 19.2 Å². The van der Waals surface area contributed by atoms with Gasteiger partial charge in [0.05, 0.1) is 11.0 Å². The van der Waals surface area contributed by atoms with Crippen LogP contribution >= 0.6 is 11.8 Å². The molecule has 4 nitrogen and oxygen atoms in total. The van der Waals surface area contributed by atoms with Gasteiger partial charge in [-0.1, -0.05) is 18.7 Å². The second-order valence-electron chi connectivity index (χ2n) is 3.64. The Kier molecular flexibility index (Phi) is 4.35. The Morgan fingerprint density at radius 1 is 1.44 bits per heavy atom. The van der Waals surface area contributed by atoms with Crippen molar-refractivity contribution in [3.8, 4) is 0 Å². The van der Waals surface area contributed by atoms with Gasteiger partial charge in [0.15, 0.2) is 9.84 Å². The van der Waals surface area contributed by atoms with Crippen molar-refractivity contribution in [2.45, 2.75) is 35.1 Å². The highest BCUT2D eigenvalue weighted by atomic mass is 32.2. The van der Waals surface area contributed by atoms with E-state index in [1.165, 1.54) is 17.8 Å². The van der Waals surface area contributed by atoms with E-state index in [0.29, 0.717) is 5.03 Å². The van der Waals surface area contributed by atoms with Crippen molar-refractivity contribution in [2.24, 2.45) is 0 Å². The van der Waals surface area contributed by atoms with Gasteiger partial charge in [0.1, 0.15) is 5.03 Å². The van der Waals surface area contributed by atoms with E-state index < -0.39 is 15.9 Å². The van der Waals surface area contributed by atoms with Crippen LogP contribution in [0.15, 0.2) is 28.3 Å². The fourth-order valence-corrected chi connectivity index (χ4v) is 3.17. The lowest BCUT2D eigenvalue weighted by Crippen LogP contribution is -2.16. The first-order valence-corrected chi connectivity index (χ1v) is 7.59. The van der Waals surface area contributed by atoms with E-state index in [0.717, 1.165) is 6.26 Å². The summed E-state index contributed by atoms with van der Waals surface area (Å²) in [4.78, 5) is 4.26. The molecule has 1 rings (SSSR count). The number of pyridine rings is 1. The lowest BCUT2D eigenvalue weighted by Gasteiger charge is -2.14. The van der Waals surface area contributed by atoms with Gasteiger partial charge >= 0.3 is 0 Å². The molecule has 0 radical (unpaired) electrons. The van der Waals surface area contributed by atoms with Crippen LogP contribution in [0.3, 0.4) is 0 Å². The van der Waals surface area contributed by atoms with E-state index in [4.69, 9.17) is 0 Å². The topological polar surface area (TPSA) is 67.3 Å². The molecule has 1 aromatic rings. The second kappa shape index (κ2) is 5.16. The molecule has 6 heteroatoms. The summed E-state index contributed by atoms with van der Waals surface area (Å²) in [6.07, 6.45) is 2.19. The first-order chi connectivity index (χ1) is 7.32. The maximum Gasteiger partial charge on any atom is 0.178 e. The maximum atomic E-state index is 11.5. The molecule has 1 N–H and O–H groups in total. The first kappa shape index (κ1) is 13.5. The summed E-state index contributed by atoms with van der Waals surface area (Å²) in [5.74, 6) is 0. The summed E-state index contributed by atoms with van der Waals surface area (Å²) in [7, 11) is -3.27. The van der Waals surface area contributed by atoms with E-state index in [9.17, 15) is 13.5 Å².